The van der Waals surface area contributed by atoms with Crippen molar-refractivity contribution in [3.8, 4) is 5.75 Å². The zero-order valence-electron chi connectivity index (χ0n) is 12.5. The lowest BCUT2D eigenvalue weighted by atomic mass is 9.78. The monoisotopic (exact) mass is 261 g/mol. The number of benzene rings is 1. The summed E-state index contributed by atoms with van der Waals surface area (Å²) in [6.07, 6.45) is 6.62. The number of likely N-dealkylation sites (N-methyl/N-ethyl adjacent to an activating group) is 1. The SMILES string of the molecule is CCNC(Cc1ccc(OC)cc1)C1(C)CCCC1. The first kappa shape index (κ1) is 14.4. The van der Waals surface area contributed by atoms with Crippen molar-refractivity contribution >= 4 is 0 Å². The number of hydrogen-bond acceptors (Lipinski definition) is 2. The van der Waals surface area contributed by atoms with Gasteiger partial charge in [0.1, 0.15) is 5.75 Å². The van der Waals surface area contributed by atoms with Gasteiger partial charge >= 0.3 is 0 Å². The molecule has 2 rings (SSSR count). The van der Waals surface area contributed by atoms with Crippen molar-refractivity contribution in [2.24, 2.45) is 5.41 Å². The van der Waals surface area contributed by atoms with Gasteiger partial charge < -0.3 is 10.1 Å². The Bertz CT molecular complexity index is 379. The molecule has 0 heterocycles. The van der Waals surface area contributed by atoms with E-state index in [1.54, 1.807) is 7.11 Å². The van der Waals surface area contributed by atoms with E-state index >= 15 is 0 Å². The standard InChI is InChI=1S/C17H27NO/c1-4-18-16(17(2)11-5-6-12-17)13-14-7-9-15(19-3)10-8-14/h7-10,16,18H,4-6,11-13H2,1-3H3. The molecule has 1 fully saturated rings. The Morgan fingerprint density at radius 3 is 2.37 bits per heavy atom. The molecular formula is C17H27NO. The van der Waals surface area contributed by atoms with E-state index in [0.29, 0.717) is 11.5 Å². The fraction of sp³-hybridized carbons (Fsp3) is 0.647. The predicted octanol–water partition coefficient (Wildman–Crippen LogP) is 3.80. The van der Waals surface area contributed by atoms with E-state index in [0.717, 1.165) is 18.7 Å². The van der Waals surface area contributed by atoms with Crippen LogP contribution in [0.15, 0.2) is 24.3 Å². The number of methoxy groups -OCH3 is 1. The van der Waals surface area contributed by atoms with Crippen LogP contribution in [0.2, 0.25) is 0 Å². The third-order valence-corrected chi connectivity index (χ3v) is 4.64. The van der Waals surface area contributed by atoms with Gasteiger partial charge in [0.25, 0.3) is 0 Å². The number of ether oxygens (including phenoxy) is 1. The number of rotatable bonds is 6. The van der Waals surface area contributed by atoms with Crippen molar-refractivity contribution in [2.45, 2.75) is 52.0 Å². The number of hydrogen-bond donors (Lipinski definition) is 1. The van der Waals surface area contributed by atoms with E-state index in [-0.39, 0.29) is 0 Å². The fourth-order valence-corrected chi connectivity index (χ4v) is 3.34. The topological polar surface area (TPSA) is 21.3 Å². The lowest BCUT2D eigenvalue weighted by molar-refractivity contribution is 0.222. The van der Waals surface area contributed by atoms with E-state index in [4.69, 9.17) is 4.74 Å². The molecule has 1 N–H and O–H groups in total. The number of nitrogens with one attached hydrogen (secondary N) is 1. The summed E-state index contributed by atoms with van der Waals surface area (Å²) >= 11 is 0. The molecule has 0 saturated heterocycles. The van der Waals surface area contributed by atoms with Crippen molar-refractivity contribution < 1.29 is 4.74 Å². The molecule has 1 aliphatic rings. The molecule has 1 unspecified atom stereocenters. The third kappa shape index (κ3) is 3.50. The van der Waals surface area contributed by atoms with Gasteiger partial charge in [0.15, 0.2) is 0 Å². The van der Waals surface area contributed by atoms with Gasteiger partial charge in [0.2, 0.25) is 0 Å². The normalized spacial score (nSPS) is 19.3. The van der Waals surface area contributed by atoms with Crippen molar-refractivity contribution in [1.82, 2.24) is 5.32 Å². The average molecular weight is 261 g/mol. The van der Waals surface area contributed by atoms with Gasteiger partial charge in [-0.1, -0.05) is 38.8 Å². The molecule has 0 aromatic heterocycles. The van der Waals surface area contributed by atoms with E-state index in [2.05, 4.69) is 43.4 Å². The van der Waals surface area contributed by atoms with Crippen molar-refractivity contribution in [3.05, 3.63) is 29.8 Å². The van der Waals surface area contributed by atoms with Crippen LogP contribution in [0.25, 0.3) is 0 Å². The van der Waals surface area contributed by atoms with Gasteiger partial charge in [0, 0.05) is 6.04 Å². The molecule has 1 atom stereocenters. The second-order valence-corrected chi connectivity index (χ2v) is 6.02. The Kier molecular flexibility index (Phi) is 4.87. The van der Waals surface area contributed by atoms with Crippen molar-refractivity contribution in [1.29, 1.82) is 0 Å². The molecule has 2 heteroatoms. The van der Waals surface area contributed by atoms with Gasteiger partial charge in [-0.05, 0) is 48.9 Å². The summed E-state index contributed by atoms with van der Waals surface area (Å²) in [6.45, 7) is 5.71. The van der Waals surface area contributed by atoms with Crippen LogP contribution in [0.1, 0.15) is 45.1 Å². The van der Waals surface area contributed by atoms with Crippen LogP contribution in [-0.2, 0) is 6.42 Å². The summed E-state index contributed by atoms with van der Waals surface area (Å²) in [5, 5.41) is 3.71. The van der Waals surface area contributed by atoms with E-state index in [1.165, 1.54) is 31.2 Å². The summed E-state index contributed by atoms with van der Waals surface area (Å²) in [5.41, 5.74) is 1.87. The Morgan fingerprint density at radius 1 is 1.21 bits per heavy atom. The molecule has 0 spiro atoms. The van der Waals surface area contributed by atoms with Gasteiger partial charge in [0.05, 0.1) is 7.11 Å². The predicted molar refractivity (Wildman–Crippen MR) is 80.7 cm³/mol. The maximum Gasteiger partial charge on any atom is 0.118 e. The van der Waals surface area contributed by atoms with Crippen molar-refractivity contribution in [2.75, 3.05) is 13.7 Å². The minimum absolute atomic E-state index is 0.468. The summed E-state index contributed by atoms with van der Waals surface area (Å²) in [6, 6.07) is 9.11. The molecule has 0 aliphatic heterocycles. The molecule has 1 aliphatic carbocycles. The minimum Gasteiger partial charge on any atom is -0.497 e. The average Bonchev–Trinajstić information content (AvgIpc) is 2.87. The highest BCUT2D eigenvalue weighted by atomic mass is 16.5. The molecular weight excluding hydrogens is 234 g/mol. The quantitative estimate of drug-likeness (QED) is 0.841. The van der Waals surface area contributed by atoms with Crippen LogP contribution in [0, 0.1) is 5.41 Å². The van der Waals surface area contributed by atoms with Crippen LogP contribution in [0.4, 0.5) is 0 Å². The first-order valence-electron chi connectivity index (χ1n) is 7.54. The lowest BCUT2D eigenvalue weighted by Crippen LogP contribution is -2.43. The Labute approximate surface area is 117 Å². The van der Waals surface area contributed by atoms with Crippen LogP contribution in [0.5, 0.6) is 5.75 Å². The van der Waals surface area contributed by atoms with E-state index < -0.39 is 0 Å². The Hall–Kier alpha value is -1.02. The maximum absolute atomic E-state index is 5.23. The van der Waals surface area contributed by atoms with Crippen LogP contribution in [-0.4, -0.2) is 19.7 Å². The first-order valence-corrected chi connectivity index (χ1v) is 7.54. The third-order valence-electron chi connectivity index (χ3n) is 4.64. The van der Waals surface area contributed by atoms with E-state index in [1.807, 2.05) is 0 Å². The van der Waals surface area contributed by atoms with Crippen LogP contribution < -0.4 is 10.1 Å². The highest BCUT2D eigenvalue weighted by molar-refractivity contribution is 5.28. The molecule has 19 heavy (non-hydrogen) atoms. The Morgan fingerprint density at radius 2 is 1.84 bits per heavy atom. The summed E-state index contributed by atoms with van der Waals surface area (Å²) in [4.78, 5) is 0. The summed E-state index contributed by atoms with van der Waals surface area (Å²) in [7, 11) is 1.72. The lowest BCUT2D eigenvalue weighted by Gasteiger charge is -2.35. The molecule has 1 saturated carbocycles. The molecule has 1 aromatic carbocycles. The smallest absolute Gasteiger partial charge is 0.118 e. The Balaban J connectivity index is 2.06. The highest BCUT2D eigenvalue weighted by Gasteiger charge is 2.36. The molecule has 1 aromatic rings. The van der Waals surface area contributed by atoms with E-state index in [9.17, 15) is 0 Å². The molecule has 0 radical (unpaired) electrons. The maximum atomic E-state index is 5.23. The first-order chi connectivity index (χ1) is 9.18. The van der Waals surface area contributed by atoms with Crippen molar-refractivity contribution in [3.63, 3.8) is 0 Å². The van der Waals surface area contributed by atoms with Gasteiger partial charge in [-0.3, -0.25) is 0 Å². The van der Waals surface area contributed by atoms with Crippen LogP contribution in [0.3, 0.4) is 0 Å². The summed E-state index contributed by atoms with van der Waals surface area (Å²) < 4.78 is 5.23. The second-order valence-electron chi connectivity index (χ2n) is 6.02. The zero-order valence-corrected chi connectivity index (χ0v) is 12.5. The summed E-state index contributed by atoms with van der Waals surface area (Å²) in [5.74, 6) is 0.941. The molecule has 0 amide bonds. The van der Waals surface area contributed by atoms with Gasteiger partial charge in [-0.25, -0.2) is 0 Å². The van der Waals surface area contributed by atoms with Gasteiger partial charge in [-0.15, -0.1) is 0 Å². The molecule has 106 valence electrons. The minimum atomic E-state index is 0.468. The fourth-order valence-electron chi connectivity index (χ4n) is 3.34. The molecule has 2 nitrogen and oxygen atoms in total. The second kappa shape index (κ2) is 6.42. The highest BCUT2D eigenvalue weighted by Crippen LogP contribution is 2.41. The molecule has 0 bridgehead atoms. The zero-order chi connectivity index (χ0) is 13.7. The largest absolute Gasteiger partial charge is 0.497 e. The van der Waals surface area contributed by atoms with Gasteiger partial charge in [-0.2, -0.15) is 0 Å². The van der Waals surface area contributed by atoms with Crippen LogP contribution >= 0.6 is 0 Å².